The summed E-state index contributed by atoms with van der Waals surface area (Å²) in [6.07, 6.45) is 22.7. The van der Waals surface area contributed by atoms with Crippen molar-refractivity contribution in [2.24, 2.45) is 52.3 Å². The fourth-order valence-corrected chi connectivity index (χ4v) is 11.8. The van der Waals surface area contributed by atoms with E-state index in [4.69, 9.17) is 14.2 Å². The second-order valence-corrected chi connectivity index (χ2v) is 18.0. The second-order valence-electron chi connectivity index (χ2n) is 18.0. The molecule has 0 aromatic heterocycles. The van der Waals surface area contributed by atoms with Crippen LogP contribution < -0.4 is 4.74 Å². The maximum absolute atomic E-state index is 13.0. The fourth-order valence-electron chi connectivity index (χ4n) is 11.8. The van der Waals surface area contributed by atoms with E-state index in [9.17, 15) is 4.79 Å². The number of rotatable bonds is 12. The number of ether oxygens (including phenoxy) is 3. The number of esters is 1. The molecule has 260 valence electrons. The van der Waals surface area contributed by atoms with E-state index in [0.717, 1.165) is 73.5 Å². The predicted molar refractivity (Wildman–Crippen MR) is 189 cm³/mol. The van der Waals surface area contributed by atoms with Crippen molar-refractivity contribution in [2.45, 2.75) is 156 Å². The van der Waals surface area contributed by atoms with Crippen molar-refractivity contribution >= 4 is 5.97 Å². The maximum Gasteiger partial charge on any atom is 0.306 e. The Morgan fingerprint density at radius 1 is 0.936 bits per heavy atom. The third kappa shape index (κ3) is 7.11. The monoisotopic (exact) mass is 644 g/mol. The Morgan fingerprint density at radius 2 is 1.77 bits per heavy atom. The Labute approximate surface area is 286 Å². The zero-order chi connectivity index (χ0) is 32.8. The maximum atomic E-state index is 13.0. The largest absolute Gasteiger partial charge is 0.493 e. The zero-order valence-corrected chi connectivity index (χ0v) is 30.3. The molecular weight excluding hydrogens is 580 g/mol. The van der Waals surface area contributed by atoms with Gasteiger partial charge in [0.25, 0.3) is 0 Å². The summed E-state index contributed by atoms with van der Waals surface area (Å²) in [7, 11) is 0. The van der Waals surface area contributed by atoms with Gasteiger partial charge in [0.05, 0.1) is 18.8 Å². The fraction of sp³-hybridized carbons (Fsp3) is 0.791. The second kappa shape index (κ2) is 13.8. The van der Waals surface area contributed by atoms with E-state index in [0.29, 0.717) is 35.4 Å². The highest BCUT2D eigenvalue weighted by molar-refractivity contribution is 5.70. The summed E-state index contributed by atoms with van der Waals surface area (Å²) in [6.45, 7) is 13.4. The van der Waals surface area contributed by atoms with Crippen molar-refractivity contribution in [1.82, 2.24) is 0 Å². The highest BCUT2D eigenvalue weighted by Crippen LogP contribution is 2.67. The van der Waals surface area contributed by atoms with Gasteiger partial charge < -0.3 is 14.2 Å². The molecule has 1 saturated heterocycles. The lowest BCUT2D eigenvalue weighted by Crippen LogP contribution is -2.51. The highest BCUT2D eigenvalue weighted by Gasteiger charge is 2.59. The summed E-state index contributed by atoms with van der Waals surface area (Å²) in [6, 6.07) is 8.32. The first kappa shape index (κ1) is 33.7. The molecule has 5 aliphatic carbocycles. The molecule has 1 aromatic carbocycles. The van der Waals surface area contributed by atoms with Crippen LogP contribution in [0.3, 0.4) is 0 Å². The van der Waals surface area contributed by atoms with Gasteiger partial charge >= 0.3 is 5.97 Å². The van der Waals surface area contributed by atoms with Gasteiger partial charge in [0.1, 0.15) is 11.9 Å². The summed E-state index contributed by atoms with van der Waals surface area (Å²) in [4.78, 5) is 13.0. The summed E-state index contributed by atoms with van der Waals surface area (Å²) in [5, 5.41) is 0. The molecule has 5 fully saturated rings. The van der Waals surface area contributed by atoms with E-state index in [1.165, 1.54) is 76.2 Å². The van der Waals surface area contributed by atoms with E-state index >= 15 is 0 Å². The van der Waals surface area contributed by atoms with Gasteiger partial charge in [-0.05, 0) is 141 Å². The minimum Gasteiger partial charge on any atom is -0.493 e. The number of epoxide rings is 1. The number of hydrogen-bond acceptors (Lipinski definition) is 4. The number of aryl methyl sites for hydroxylation is 1. The van der Waals surface area contributed by atoms with Gasteiger partial charge in [-0.15, -0.1) is 0 Å². The van der Waals surface area contributed by atoms with Crippen LogP contribution in [0.2, 0.25) is 0 Å². The van der Waals surface area contributed by atoms with Crippen LogP contribution in [-0.2, 0) is 20.7 Å². The van der Waals surface area contributed by atoms with Gasteiger partial charge in [-0.2, -0.15) is 0 Å². The van der Waals surface area contributed by atoms with Crippen molar-refractivity contribution in [1.29, 1.82) is 0 Å². The SMILES string of the molecule is CC(C)CCC[C@@H](C)[C@H]1CC[C@H]2[C@@H]3CC=C4C[C@@H](OC(=O)CCc5ccc(OCC6CCC7OC7C6)cc5)CC[C@]4(C)[C@H]3CC[C@]12C. The van der Waals surface area contributed by atoms with Crippen molar-refractivity contribution in [3.8, 4) is 5.75 Å². The Kier molecular flexibility index (Phi) is 9.91. The average Bonchev–Trinajstić information content (AvgIpc) is 3.74. The van der Waals surface area contributed by atoms with Crippen LogP contribution in [0.4, 0.5) is 0 Å². The molecule has 0 amide bonds. The molecular formula is C43H64O4. The summed E-state index contributed by atoms with van der Waals surface area (Å²) < 4.78 is 17.9. The smallest absolute Gasteiger partial charge is 0.306 e. The number of hydrogen-bond donors (Lipinski definition) is 0. The quantitative estimate of drug-likeness (QED) is 0.129. The summed E-state index contributed by atoms with van der Waals surface area (Å²) in [5.74, 6) is 6.63. The van der Waals surface area contributed by atoms with Gasteiger partial charge in [0.2, 0.25) is 0 Å². The Bertz CT molecular complexity index is 1270. The van der Waals surface area contributed by atoms with Crippen molar-refractivity contribution in [3.63, 3.8) is 0 Å². The minimum absolute atomic E-state index is 0.0425. The lowest BCUT2D eigenvalue weighted by atomic mass is 9.47. The molecule has 0 N–H and O–H groups in total. The summed E-state index contributed by atoms with van der Waals surface area (Å²) in [5.41, 5.74) is 3.60. The zero-order valence-electron chi connectivity index (χ0n) is 30.3. The predicted octanol–water partition coefficient (Wildman–Crippen LogP) is 10.5. The van der Waals surface area contributed by atoms with Gasteiger partial charge in [0, 0.05) is 12.8 Å². The highest BCUT2D eigenvalue weighted by atomic mass is 16.6. The number of allylic oxidation sites excluding steroid dienone is 1. The number of carbonyl (C=O) groups is 1. The van der Waals surface area contributed by atoms with E-state index in [1.54, 1.807) is 5.57 Å². The first-order valence-electron chi connectivity index (χ1n) is 19.9. The standard InChI is InChI=1S/C43H64O4/c1-28(2)7-6-8-29(3)36-17-18-37-35-16-13-32-26-34(21-23-42(32,4)38(35)22-24-43(36,37)5)46-41(44)20-12-30-9-14-33(15-10-30)45-27-31-11-19-39-40(25-31)47-39/h9-10,13-15,28-29,31,34-40H,6-8,11-12,16-27H2,1-5H3/t29-,31?,34+,35+,36-,37+,38+,39?,40?,42+,43-/m1/s1. The van der Waals surface area contributed by atoms with E-state index < -0.39 is 0 Å². The van der Waals surface area contributed by atoms with Crippen LogP contribution >= 0.6 is 0 Å². The molecule has 7 rings (SSSR count). The van der Waals surface area contributed by atoms with E-state index in [2.05, 4.69) is 65.0 Å². The molecule has 3 unspecified atom stereocenters. The molecule has 47 heavy (non-hydrogen) atoms. The molecule has 0 bridgehead atoms. The molecule has 11 atom stereocenters. The molecule has 4 saturated carbocycles. The first-order valence-corrected chi connectivity index (χ1v) is 19.9. The molecule has 1 aromatic rings. The van der Waals surface area contributed by atoms with Crippen LogP contribution in [-0.4, -0.2) is 30.9 Å². The topological polar surface area (TPSA) is 48.1 Å². The van der Waals surface area contributed by atoms with Crippen molar-refractivity contribution in [3.05, 3.63) is 41.5 Å². The molecule has 0 spiro atoms. The normalized spacial score (nSPS) is 39.6. The molecule has 4 nitrogen and oxygen atoms in total. The number of carbonyl (C=O) groups excluding carboxylic acids is 1. The molecule has 4 heteroatoms. The minimum atomic E-state index is -0.0425. The molecule has 1 aliphatic heterocycles. The third-order valence-electron chi connectivity index (χ3n) is 14.7. The van der Waals surface area contributed by atoms with Gasteiger partial charge in [-0.3, -0.25) is 4.79 Å². The van der Waals surface area contributed by atoms with Crippen LogP contribution in [0.15, 0.2) is 35.9 Å². The van der Waals surface area contributed by atoms with Gasteiger partial charge in [-0.1, -0.05) is 77.7 Å². The van der Waals surface area contributed by atoms with Crippen molar-refractivity contribution < 1.29 is 19.0 Å². The van der Waals surface area contributed by atoms with E-state index in [-0.39, 0.29) is 12.1 Å². The van der Waals surface area contributed by atoms with E-state index in [1.807, 2.05) is 0 Å². The van der Waals surface area contributed by atoms with Crippen molar-refractivity contribution in [2.75, 3.05) is 6.61 Å². The third-order valence-corrected chi connectivity index (χ3v) is 14.7. The Balaban J connectivity index is 0.877. The van der Waals surface area contributed by atoms with Crippen LogP contribution in [0.25, 0.3) is 0 Å². The lowest BCUT2D eigenvalue weighted by molar-refractivity contribution is -0.151. The number of fused-ring (bicyclic) bond motifs is 6. The first-order chi connectivity index (χ1) is 22.6. The Morgan fingerprint density at radius 3 is 2.55 bits per heavy atom. The van der Waals surface area contributed by atoms with Crippen LogP contribution in [0.1, 0.15) is 136 Å². The lowest BCUT2D eigenvalue weighted by Gasteiger charge is -2.58. The van der Waals surface area contributed by atoms with Crippen LogP contribution in [0.5, 0.6) is 5.75 Å². The molecule has 6 aliphatic rings. The Hall–Kier alpha value is -1.81. The number of benzene rings is 1. The van der Waals surface area contributed by atoms with Gasteiger partial charge in [0.15, 0.2) is 0 Å². The molecule has 0 radical (unpaired) electrons. The molecule has 1 heterocycles. The van der Waals surface area contributed by atoms with Gasteiger partial charge in [-0.25, -0.2) is 0 Å². The van der Waals surface area contributed by atoms with Crippen LogP contribution in [0, 0.1) is 52.3 Å². The summed E-state index contributed by atoms with van der Waals surface area (Å²) >= 11 is 0. The average molecular weight is 645 g/mol.